The maximum Gasteiger partial charge on any atom is 0.269 e. The molecule has 0 fully saturated rings. The molecule has 1 N–H and O–H groups in total. The second-order valence-corrected chi connectivity index (χ2v) is 3.83. The Morgan fingerprint density at radius 2 is 2.13 bits per heavy atom. The molecule has 3 nitrogen and oxygen atoms in total. The summed E-state index contributed by atoms with van der Waals surface area (Å²) in [6.45, 7) is 1.45. The standard InChI is InChI=1S/C9H5BrF2N2O/c1-3-9(15)14-5-2-4(11)6(10)7(12)8(5)13-3/h2H,1H3,(H,14,15). The average Bonchev–Trinajstić information content (AvgIpc) is 2.19. The monoisotopic (exact) mass is 274 g/mol. The van der Waals surface area contributed by atoms with Crippen LogP contribution in [0.1, 0.15) is 5.69 Å². The summed E-state index contributed by atoms with van der Waals surface area (Å²) < 4.78 is 26.3. The molecule has 0 amide bonds. The van der Waals surface area contributed by atoms with Crippen LogP contribution in [0, 0.1) is 18.6 Å². The third-order valence-electron chi connectivity index (χ3n) is 1.99. The number of H-pyrrole nitrogens is 1. The highest BCUT2D eigenvalue weighted by Crippen LogP contribution is 2.25. The average molecular weight is 275 g/mol. The minimum absolute atomic E-state index is 0.0452. The zero-order valence-electron chi connectivity index (χ0n) is 7.57. The summed E-state index contributed by atoms with van der Waals surface area (Å²) in [5.74, 6) is -1.59. The second-order valence-electron chi connectivity index (χ2n) is 3.03. The van der Waals surface area contributed by atoms with Crippen LogP contribution in [-0.2, 0) is 0 Å². The first-order chi connectivity index (χ1) is 7.00. The number of rotatable bonds is 0. The van der Waals surface area contributed by atoms with Gasteiger partial charge >= 0.3 is 0 Å². The number of nitrogens with one attached hydrogen (secondary N) is 1. The predicted molar refractivity (Wildman–Crippen MR) is 54.7 cm³/mol. The zero-order chi connectivity index (χ0) is 11.2. The first-order valence-corrected chi connectivity index (χ1v) is 4.84. The molecular formula is C9H5BrF2N2O. The van der Waals surface area contributed by atoms with Gasteiger partial charge in [0.25, 0.3) is 5.56 Å². The summed E-state index contributed by atoms with van der Waals surface area (Å²) in [5, 5.41) is 0. The van der Waals surface area contributed by atoms with E-state index in [0.717, 1.165) is 6.07 Å². The van der Waals surface area contributed by atoms with Gasteiger partial charge in [0.2, 0.25) is 0 Å². The largest absolute Gasteiger partial charge is 0.319 e. The van der Waals surface area contributed by atoms with Gasteiger partial charge in [-0.15, -0.1) is 0 Å². The Morgan fingerprint density at radius 1 is 1.47 bits per heavy atom. The lowest BCUT2D eigenvalue weighted by Gasteiger charge is -2.02. The Labute approximate surface area is 91.3 Å². The number of aromatic nitrogens is 2. The molecule has 0 radical (unpaired) electrons. The Kier molecular flexibility index (Phi) is 2.30. The van der Waals surface area contributed by atoms with Gasteiger partial charge in [-0.2, -0.15) is 0 Å². The van der Waals surface area contributed by atoms with E-state index in [1.807, 2.05) is 0 Å². The van der Waals surface area contributed by atoms with Gasteiger partial charge in [0.05, 0.1) is 9.99 Å². The predicted octanol–water partition coefficient (Wildman–Crippen LogP) is 2.27. The number of fused-ring (bicyclic) bond motifs is 1. The lowest BCUT2D eigenvalue weighted by molar-refractivity contribution is 0.578. The summed E-state index contributed by atoms with van der Waals surface area (Å²) in [4.78, 5) is 17.3. The van der Waals surface area contributed by atoms with Crippen molar-refractivity contribution in [3.8, 4) is 0 Å². The second kappa shape index (κ2) is 3.37. The molecule has 0 bridgehead atoms. The third-order valence-corrected chi connectivity index (χ3v) is 2.72. The van der Waals surface area contributed by atoms with E-state index in [0.29, 0.717) is 0 Å². The van der Waals surface area contributed by atoms with Crippen molar-refractivity contribution in [1.29, 1.82) is 0 Å². The summed E-state index contributed by atoms with van der Waals surface area (Å²) in [6, 6.07) is 1.02. The normalized spacial score (nSPS) is 10.9. The molecule has 6 heteroatoms. The molecule has 2 rings (SSSR count). The van der Waals surface area contributed by atoms with Crippen molar-refractivity contribution in [3.05, 3.63) is 38.2 Å². The Bertz CT molecular complexity index is 609. The Morgan fingerprint density at radius 3 is 2.80 bits per heavy atom. The Hall–Kier alpha value is -1.30. The van der Waals surface area contributed by atoms with Gasteiger partial charge in [0.15, 0.2) is 5.82 Å². The summed E-state index contributed by atoms with van der Waals surface area (Å²) in [7, 11) is 0. The van der Waals surface area contributed by atoms with Crippen LogP contribution in [0.2, 0.25) is 0 Å². The van der Waals surface area contributed by atoms with Crippen molar-refractivity contribution >= 4 is 27.0 Å². The first-order valence-electron chi connectivity index (χ1n) is 4.05. The van der Waals surface area contributed by atoms with Gasteiger partial charge in [-0.05, 0) is 22.9 Å². The van der Waals surface area contributed by atoms with Crippen molar-refractivity contribution in [2.24, 2.45) is 0 Å². The molecule has 1 aromatic heterocycles. The molecule has 0 saturated heterocycles. The van der Waals surface area contributed by atoms with E-state index in [1.54, 1.807) is 0 Å². The van der Waals surface area contributed by atoms with Crippen molar-refractivity contribution in [1.82, 2.24) is 9.97 Å². The fourth-order valence-corrected chi connectivity index (χ4v) is 1.52. The van der Waals surface area contributed by atoms with Gasteiger partial charge in [-0.1, -0.05) is 0 Å². The molecule has 0 aliphatic rings. The summed E-state index contributed by atoms with van der Waals surface area (Å²) in [6.07, 6.45) is 0. The Balaban J connectivity index is 2.99. The zero-order valence-corrected chi connectivity index (χ0v) is 9.15. The van der Waals surface area contributed by atoms with E-state index in [-0.39, 0.29) is 21.2 Å². The SMILES string of the molecule is Cc1nc2c(F)c(Br)c(F)cc2[nH]c1=O. The van der Waals surface area contributed by atoms with Crippen molar-refractivity contribution in [2.45, 2.75) is 6.92 Å². The van der Waals surface area contributed by atoms with E-state index in [1.165, 1.54) is 6.92 Å². The molecule has 0 atom stereocenters. The van der Waals surface area contributed by atoms with Gasteiger partial charge in [-0.3, -0.25) is 4.79 Å². The van der Waals surface area contributed by atoms with Crippen molar-refractivity contribution in [3.63, 3.8) is 0 Å². The molecule has 78 valence electrons. The van der Waals surface area contributed by atoms with E-state index in [4.69, 9.17) is 0 Å². The summed E-state index contributed by atoms with van der Waals surface area (Å²) >= 11 is 2.76. The summed E-state index contributed by atoms with van der Waals surface area (Å²) in [5.41, 5.74) is -0.326. The fraction of sp³-hybridized carbons (Fsp3) is 0.111. The topological polar surface area (TPSA) is 45.8 Å². The number of halogens is 3. The van der Waals surface area contributed by atoms with Crippen LogP contribution in [0.15, 0.2) is 15.3 Å². The fourth-order valence-electron chi connectivity index (χ4n) is 1.22. The molecule has 0 saturated carbocycles. The lowest BCUT2D eigenvalue weighted by Crippen LogP contribution is -2.12. The van der Waals surface area contributed by atoms with Crippen LogP contribution in [0.4, 0.5) is 8.78 Å². The molecule has 2 aromatic rings. The third kappa shape index (κ3) is 1.54. The maximum atomic E-state index is 13.5. The van der Waals surface area contributed by atoms with Gasteiger partial charge in [-0.25, -0.2) is 13.8 Å². The van der Waals surface area contributed by atoms with Gasteiger partial charge < -0.3 is 4.98 Å². The van der Waals surface area contributed by atoms with E-state index in [9.17, 15) is 13.6 Å². The molecule has 0 unspecified atom stereocenters. The highest BCUT2D eigenvalue weighted by molar-refractivity contribution is 9.10. The number of aryl methyl sites for hydroxylation is 1. The van der Waals surface area contributed by atoms with Gasteiger partial charge in [0.1, 0.15) is 17.0 Å². The van der Waals surface area contributed by atoms with Crippen LogP contribution in [0.3, 0.4) is 0 Å². The molecular weight excluding hydrogens is 270 g/mol. The van der Waals surface area contributed by atoms with E-state index >= 15 is 0 Å². The highest BCUT2D eigenvalue weighted by Gasteiger charge is 2.13. The molecule has 15 heavy (non-hydrogen) atoms. The van der Waals surface area contributed by atoms with Crippen molar-refractivity contribution in [2.75, 3.05) is 0 Å². The highest BCUT2D eigenvalue weighted by atomic mass is 79.9. The maximum absolute atomic E-state index is 13.5. The minimum atomic E-state index is -0.815. The minimum Gasteiger partial charge on any atom is -0.319 e. The van der Waals surface area contributed by atoms with Crippen LogP contribution < -0.4 is 5.56 Å². The van der Waals surface area contributed by atoms with Crippen LogP contribution in [0.5, 0.6) is 0 Å². The van der Waals surface area contributed by atoms with E-state index in [2.05, 4.69) is 25.9 Å². The van der Waals surface area contributed by atoms with Gasteiger partial charge in [0, 0.05) is 6.07 Å². The van der Waals surface area contributed by atoms with E-state index < -0.39 is 17.2 Å². The number of benzene rings is 1. The quantitative estimate of drug-likeness (QED) is 0.750. The van der Waals surface area contributed by atoms with Crippen molar-refractivity contribution < 1.29 is 8.78 Å². The van der Waals surface area contributed by atoms with Crippen LogP contribution in [0.25, 0.3) is 11.0 Å². The smallest absolute Gasteiger partial charge is 0.269 e. The molecule has 0 aliphatic carbocycles. The number of nitrogens with zero attached hydrogens (tertiary/aromatic N) is 1. The number of hydrogen-bond acceptors (Lipinski definition) is 2. The number of hydrogen-bond donors (Lipinski definition) is 1. The van der Waals surface area contributed by atoms with Crippen LogP contribution in [-0.4, -0.2) is 9.97 Å². The molecule has 1 heterocycles. The first kappa shape index (κ1) is 10.2. The number of aromatic amines is 1. The molecule has 1 aromatic carbocycles. The lowest BCUT2D eigenvalue weighted by atomic mass is 10.2. The molecule has 0 aliphatic heterocycles. The van der Waals surface area contributed by atoms with Crippen LogP contribution >= 0.6 is 15.9 Å². The molecule has 0 spiro atoms.